The number of aliphatic hydroxyl groups is 1. The fourth-order valence-electron chi connectivity index (χ4n) is 1.57. The zero-order chi connectivity index (χ0) is 11.7. The Morgan fingerprint density at radius 3 is 2.88 bits per heavy atom. The number of nitrogens with one attached hydrogen (secondary N) is 1. The second kappa shape index (κ2) is 3.74. The normalized spacial score (nSPS) is 17.6. The molecule has 1 aliphatic heterocycles. The van der Waals surface area contributed by atoms with Crippen LogP contribution in [-0.2, 0) is 0 Å². The summed E-state index contributed by atoms with van der Waals surface area (Å²) in [6.45, 7) is 1.72. The number of hydrazine groups is 1. The number of hydrogen-bond acceptors (Lipinski definition) is 6. The van der Waals surface area contributed by atoms with Crippen LogP contribution in [0.3, 0.4) is 0 Å². The van der Waals surface area contributed by atoms with Crippen LogP contribution in [0.2, 0.25) is 0 Å². The molecule has 2 rings (SSSR count). The third-order valence-electron chi connectivity index (χ3n) is 2.35. The number of nitrogens with two attached hydrogens (primary N) is 1. The molecule has 0 fully saturated rings. The van der Waals surface area contributed by atoms with Crippen molar-refractivity contribution in [2.24, 2.45) is 15.9 Å². The molecule has 1 heterocycles. The number of nitrogens with zero attached hydrogens (tertiary/aromatic N) is 3. The van der Waals surface area contributed by atoms with Crippen molar-refractivity contribution in [1.82, 2.24) is 5.01 Å². The lowest BCUT2D eigenvalue weighted by molar-refractivity contribution is 0.386. The van der Waals surface area contributed by atoms with Gasteiger partial charge in [0.05, 0.1) is 5.69 Å². The topological polar surface area (TPSA) is 98.1 Å². The molecule has 0 radical (unpaired) electrons. The second-order valence-electron chi connectivity index (χ2n) is 3.33. The minimum Gasteiger partial charge on any atom is -0.491 e. The van der Waals surface area contributed by atoms with Crippen LogP contribution in [0.4, 0.5) is 5.69 Å². The van der Waals surface area contributed by atoms with E-state index in [2.05, 4.69) is 10.1 Å². The largest absolute Gasteiger partial charge is 0.491 e. The standard InChI is InChI=1S/C10H11N5O/c1-6-13-8-5-3-2-4-7(8)9(15(6)12)10(16)14-11/h2-5,11,16H,12H2,1H3. The predicted octanol–water partition coefficient (Wildman–Crippen LogP) is 2.14. The van der Waals surface area contributed by atoms with Gasteiger partial charge >= 0.3 is 0 Å². The van der Waals surface area contributed by atoms with Gasteiger partial charge < -0.3 is 5.11 Å². The number of para-hydroxylation sites is 1. The van der Waals surface area contributed by atoms with Gasteiger partial charge in [-0.25, -0.2) is 16.4 Å². The summed E-state index contributed by atoms with van der Waals surface area (Å²) < 4.78 is 0. The molecule has 6 heteroatoms. The van der Waals surface area contributed by atoms with Gasteiger partial charge in [-0.15, -0.1) is 5.11 Å². The minimum absolute atomic E-state index is 0.290. The Morgan fingerprint density at radius 2 is 2.19 bits per heavy atom. The summed E-state index contributed by atoms with van der Waals surface area (Å²) in [4.78, 5) is 4.26. The maximum Gasteiger partial charge on any atom is 0.256 e. The van der Waals surface area contributed by atoms with Gasteiger partial charge in [-0.2, -0.15) is 0 Å². The number of aliphatic hydroxyl groups excluding tert-OH is 1. The first-order valence-corrected chi connectivity index (χ1v) is 4.65. The number of benzene rings is 1. The van der Waals surface area contributed by atoms with Gasteiger partial charge in [0.25, 0.3) is 5.88 Å². The molecule has 0 amide bonds. The van der Waals surface area contributed by atoms with Crippen molar-refractivity contribution in [1.29, 1.82) is 5.53 Å². The molecular weight excluding hydrogens is 206 g/mol. The van der Waals surface area contributed by atoms with Crippen LogP contribution in [-0.4, -0.2) is 16.0 Å². The van der Waals surface area contributed by atoms with Crippen LogP contribution < -0.4 is 5.84 Å². The first kappa shape index (κ1) is 10.3. The third kappa shape index (κ3) is 1.45. The predicted molar refractivity (Wildman–Crippen MR) is 59.9 cm³/mol. The van der Waals surface area contributed by atoms with Crippen molar-refractivity contribution in [3.8, 4) is 0 Å². The first-order valence-electron chi connectivity index (χ1n) is 4.65. The van der Waals surface area contributed by atoms with Gasteiger partial charge in [0.15, 0.2) is 0 Å². The van der Waals surface area contributed by atoms with E-state index >= 15 is 0 Å². The number of aliphatic imine (C=N–C) groups is 1. The fraction of sp³-hybridized carbons (Fsp3) is 0.100. The van der Waals surface area contributed by atoms with Gasteiger partial charge in [-0.1, -0.05) is 18.2 Å². The lowest BCUT2D eigenvalue weighted by atomic mass is 10.1. The zero-order valence-corrected chi connectivity index (χ0v) is 8.68. The van der Waals surface area contributed by atoms with E-state index < -0.39 is 5.88 Å². The van der Waals surface area contributed by atoms with Crippen LogP contribution in [0.25, 0.3) is 5.70 Å². The summed E-state index contributed by atoms with van der Waals surface area (Å²) in [6.07, 6.45) is 0. The molecule has 0 saturated carbocycles. The molecule has 0 bridgehead atoms. The Balaban J connectivity index is 2.72. The zero-order valence-electron chi connectivity index (χ0n) is 8.68. The van der Waals surface area contributed by atoms with Crippen LogP contribution >= 0.6 is 0 Å². The van der Waals surface area contributed by atoms with Crippen molar-refractivity contribution in [3.63, 3.8) is 0 Å². The average molecular weight is 217 g/mol. The van der Waals surface area contributed by atoms with E-state index in [1.807, 2.05) is 12.1 Å². The summed E-state index contributed by atoms with van der Waals surface area (Å²) in [6, 6.07) is 7.22. The summed E-state index contributed by atoms with van der Waals surface area (Å²) in [5.74, 6) is 5.86. The van der Waals surface area contributed by atoms with Crippen molar-refractivity contribution in [2.45, 2.75) is 6.92 Å². The molecule has 0 aliphatic carbocycles. The molecule has 0 saturated heterocycles. The highest BCUT2D eigenvalue weighted by atomic mass is 16.3. The summed E-state index contributed by atoms with van der Waals surface area (Å²) >= 11 is 0. The van der Waals surface area contributed by atoms with Crippen molar-refractivity contribution in [2.75, 3.05) is 0 Å². The summed E-state index contributed by atoms with van der Waals surface area (Å²) in [5, 5.41) is 13.8. The van der Waals surface area contributed by atoms with E-state index in [0.29, 0.717) is 17.1 Å². The highest BCUT2D eigenvalue weighted by Gasteiger charge is 2.23. The number of hydrogen-bond donors (Lipinski definition) is 3. The van der Waals surface area contributed by atoms with Crippen LogP contribution in [0.15, 0.2) is 40.3 Å². The van der Waals surface area contributed by atoms with Gasteiger partial charge in [-0.05, 0) is 13.0 Å². The summed E-state index contributed by atoms with van der Waals surface area (Å²) in [7, 11) is 0. The highest BCUT2D eigenvalue weighted by molar-refractivity contribution is 5.96. The maximum atomic E-state index is 9.57. The van der Waals surface area contributed by atoms with E-state index in [0.717, 1.165) is 0 Å². The van der Waals surface area contributed by atoms with E-state index in [-0.39, 0.29) is 5.70 Å². The number of amidine groups is 1. The first-order chi connectivity index (χ1) is 7.65. The Kier molecular flexibility index (Phi) is 2.41. The Labute approximate surface area is 92.2 Å². The molecule has 4 N–H and O–H groups in total. The fourth-order valence-corrected chi connectivity index (χ4v) is 1.57. The van der Waals surface area contributed by atoms with E-state index in [1.165, 1.54) is 5.01 Å². The lowest BCUT2D eigenvalue weighted by Gasteiger charge is -2.26. The van der Waals surface area contributed by atoms with E-state index in [1.54, 1.807) is 19.1 Å². The Morgan fingerprint density at radius 1 is 1.50 bits per heavy atom. The molecule has 16 heavy (non-hydrogen) atoms. The van der Waals surface area contributed by atoms with Crippen LogP contribution in [0.1, 0.15) is 12.5 Å². The molecule has 6 nitrogen and oxygen atoms in total. The van der Waals surface area contributed by atoms with Crippen LogP contribution in [0.5, 0.6) is 0 Å². The Hall–Kier alpha value is -2.21. The highest BCUT2D eigenvalue weighted by Crippen LogP contribution is 2.33. The van der Waals surface area contributed by atoms with Crippen molar-refractivity contribution >= 4 is 17.2 Å². The molecular formula is C10H11N5O. The minimum atomic E-state index is -0.427. The Bertz CT molecular complexity index is 506. The molecule has 1 aromatic carbocycles. The molecule has 1 aromatic rings. The number of fused-ring (bicyclic) bond motifs is 1. The van der Waals surface area contributed by atoms with Gasteiger partial charge in [0, 0.05) is 5.56 Å². The van der Waals surface area contributed by atoms with Gasteiger partial charge in [0.1, 0.15) is 11.5 Å². The van der Waals surface area contributed by atoms with Crippen molar-refractivity contribution in [3.05, 3.63) is 35.7 Å². The molecule has 0 atom stereocenters. The van der Waals surface area contributed by atoms with Gasteiger partial charge in [-0.3, -0.25) is 5.01 Å². The monoisotopic (exact) mass is 217 g/mol. The maximum absolute atomic E-state index is 9.57. The van der Waals surface area contributed by atoms with E-state index in [9.17, 15) is 5.11 Å². The molecule has 0 spiro atoms. The van der Waals surface area contributed by atoms with Gasteiger partial charge in [0.2, 0.25) is 0 Å². The quantitative estimate of drug-likeness (QED) is 0.382. The SMILES string of the molecule is CC1=Nc2ccccc2C(=C(O)N=N)N1N. The smallest absolute Gasteiger partial charge is 0.256 e. The van der Waals surface area contributed by atoms with Crippen LogP contribution in [0, 0.1) is 5.53 Å². The number of rotatable bonds is 1. The lowest BCUT2D eigenvalue weighted by Crippen LogP contribution is -2.36. The molecule has 0 aromatic heterocycles. The molecule has 1 aliphatic rings. The van der Waals surface area contributed by atoms with E-state index in [4.69, 9.17) is 11.4 Å². The average Bonchev–Trinajstić information content (AvgIpc) is 2.30. The second-order valence-corrected chi connectivity index (χ2v) is 3.33. The van der Waals surface area contributed by atoms with Crippen molar-refractivity contribution < 1.29 is 5.11 Å². The molecule has 82 valence electrons. The third-order valence-corrected chi connectivity index (χ3v) is 2.35. The molecule has 0 unspecified atom stereocenters. The summed E-state index contributed by atoms with van der Waals surface area (Å²) in [5.41, 5.74) is 8.48.